The summed E-state index contributed by atoms with van der Waals surface area (Å²) in [4.78, 5) is 0. The second kappa shape index (κ2) is 3.57. The molecule has 2 rings (SSSR count). The second-order valence-electron chi connectivity index (χ2n) is 3.32. The van der Waals surface area contributed by atoms with E-state index >= 15 is 0 Å². The molecule has 0 amide bonds. The van der Waals surface area contributed by atoms with Gasteiger partial charge in [0.25, 0.3) is 0 Å². The van der Waals surface area contributed by atoms with Gasteiger partial charge in [-0.1, -0.05) is 36.4 Å². The fourth-order valence-corrected chi connectivity index (χ4v) is 1.76. The highest BCUT2D eigenvalue weighted by Crippen LogP contribution is 2.15. The van der Waals surface area contributed by atoms with Gasteiger partial charge < -0.3 is 0 Å². The molecule has 0 heteroatoms. The van der Waals surface area contributed by atoms with Crippen molar-refractivity contribution in [2.45, 2.75) is 25.7 Å². The monoisotopic (exact) mass is 158 g/mol. The second-order valence-corrected chi connectivity index (χ2v) is 3.32. The number of hydrogen-bond acceptors (Lipinski definition) is 0. The molecule has 0 fully saturated rings. The number of aryl methyl sites for hydroxylation is 2. The first-order chi connectivity index (χ1) is 5.97. The Labute approximate surface area is 73.9 Å². The Morgan fingerprint density at radius 2 is 1.25 bits per heavy atom. The molecule has 1 aliphatic carbocycles. The van der Waals surface area contributed by atoms with Crippen molar-refractivity contribution in [2.75, 3.05) is 0 Å². The largest absolute Gasteiger partial charge is 0.0882 e. The minimum Gasteiger partial charge on any atom is -0.0882 e. The molecule has 0 saturated carbocycles. The lowest BCUT2D eigenvalue weighted by Crippen LogP contribution is -1.95. The zero-order valence-corrected chi connectivity index (χ0v) is 7.29. The van der Waals surface area contributed by atoms with E-state index in [0.717, 1.165) is 0 Å². The molecule has 0 atom stereocenters. The standard InChI is InChI=1S/C12H14/c1-2-4-8-12-10-6-5-9-11(12)7-3-1/h1-2,5-6,9-10H,3-4,7-8H2/b2-1-. The average molecular weight is 158 g/mol. The van der Waals surface area contributed by atoms with Crippen LogP contribution in [0.4, 0.5) is 0 Å². The van der Waals surface area contributed by atoms with Crippen LogP contribution in [0, 0.1) is 0 Å². The van der Waals surface area contributed by atoms with Gasteiger partial charge >= 0.3 is 0 Å². The molecule has 0 aliphatic heterocycles. The zero-order valence-electron chi connectivity index (χ0n) is 7.29. The highest BCUT2D eigenvalue weighted by Gasteiger charge is 2.01. The Morgan fingerprint density at radius 3 is 1.75 bits per heavy atom. The van der Waals surface area contributed by atoms with E-state index in [0.29, 0.717) is 0 Å². The van der Waals surface area contributed by atoms with Crippen molar-refractivity contribution in [2.24, 2.45) is 0 Å². The Kier molecular flexibility index (Phi) is 2.26. The van der Waals surface area contributed by atoms with E-state index in [2.05, 4.69) is 36.4 Å². The van der Waals surface area contributed by atoms with Crippen LogP contribution in [0.25, 0.3) is 0 Å². The van der Waals surface area contributed by atoms with Gasteiger partial charge in [-0.15, -0.1) is 0 Å². The van der Waals surface area contributed by atoms with Crippen molar-refractivity contribution in [1.82, 2.24) is 0 Å². The predicted molar refractivity (Wildman–Crippen MR) is 52.2 cm³/mol. The third kappa shape index (κ3) is 1.58. The fourth-order valence-electron chi connectivity index (χ4n) is 1.76. The summed E-state index contributed by atoms with van der Waals surface area (Å²) in [7, 11) is 0. The SMILES string of the molecule is C1=C\CCc2ccccc2CC/1. The van der Waals surface area contributed by atoms with Crippen LogP contribution in [0.3, 0.4) is 0 Å². The van der Waals surface area contributed by atoms with Crippen LogP contribution >= 0.6 is 0 Å². The van der Waals surface area contributed by atoms with Crippen molar-refractivity contribution in [1.29, 1.82) is 0 Å². The quantitative estimate of drug-likeness (QED) is 0.509. The van der Waals surface area contributed by atoms with Gasteiger partial charge in [-0.05, 0) is 36.8 Å². The highest BCUT2D eigenvalue weighted by atomic mass is 14.1. The summed E-state index contributed by atoms with van der Waals surface area (Å²) in [5.41, 5.74) is 3.09. The molecule has 0 heterocycles. The van der Waals surface area contributed by atoms with E-state index in [9.17, 15) is 0 Å². The van der Waals surface area contributed by atoms with Crippen molar-refractivity contribution in [3.05, 3.63) is 47.5 Å². The third-order valence-corrected chi connectivity index (χ3v) is 2.45. The van der Waals surface area contributed by atoms with Crippen LogP contribution in [0.1, 0.15) is 24.0 Å². The van der Waals surface area contributed by atoms with Crippen LogP contribution in [-0.4, -0.2) is 0 Å². The zero-order chi connectivity index (χ0) is 8.23. The highest BCUT2D eigenvalue weighted by molar-refractivity contribution is 5.28. The maximum atomic E-state index is 2.30. The van der Waals surface area contributed by atoms with E-state index in [1.165, 1.54) is 25.7 Å². The number of allylic oxidation sites excluding steroid dienone is 2. The summed E-state index contributed by atoms with van der Waals surface area (Å²) in [6.45, 7) is 0. The van der Waals surface area contributed by atoms with Gasteiger partial charge in [0.2, 0.25) is 0 Å². The molecule has 0 unspecified atom stereocenters. The van der Waals surface area contributed by atoms with Gasteiger partial charge in [0.05, 0.1) is 0 Å². The first-order valence-electron chi connectivity index (χ1n) is 4.68. The summed E-state index contributed by atoms with van der Waals surface area (Å²) >= 11 is 0. The fraction of sp³-hybridized carbons (Fsp3) is 0.333. The summed E-state index contributed by atoms with van der Waals surface area (Å²) in [6.07, 6.45) is 9.44. The van der Waals surface area contributed by atoms with Crippen molar-refractivity contribution >= 4 is 0 Å². The van der Waals surface area contributed by atoms with Gasteiger partial charge in [0.15, 0.2) is 0 Å². The minimum absolute atomic E-state index is 1.21. The lowest BCUT2D eigenvalue weighted by molar-refractivity contribution is 0.893. The van der Waals surface area contributed by atoms with Gasteiger partial charge in [0.1, 0.15) is 0 Å². The van der Waals surface area contributed by atoms with Crippen molar-refractivity contribution < 1.29 is 0 Å². The summed E-state index contributed by atoms with van der Waals surface area (Å²) in [6, 6.07) is 8.80. The number of fused-ring (bicyclic) bond motifs is 1. The molecule has 0 radical (unpaired) electrons. The molecular weight excluding hydrogens is 144 g/mol. The molecule has 0 saturated heterocycles. The van der Waals surface area contributed by atoms with E-state index < -0.39 is 0 Å². The summed E-state index contributed by atoms with van der Waals surface area (Å²) < 4.78 is 0. The first kappa shape index (κ1) is 7.60. The topological polar surface area (TPSA) is 0 Å². The number of benzene rings is 1. The lowest BCUT2D eigenvalue weighted by Gasteiger charge is -2.09. The van der Waals surface area contributed by atoms with Gasteiger partial charge in [-0.3, -0.25) is 0 Å². The van der Waals surface area contributed by atoms with Crippen LogP contribution in [0.15, 0.2) is 36.4 Å². The van der Waals surface area contributed by atoms with Gasteiger partial charge in [0, 0.05) is 0 Å². The van der Waals surface area contributed by atoms with Gasteiger partial charge in [-0.2, -0.15) is 0 Å². The van der Waals surface area contributed by atoms with Crippen LogP contribution < -0.4 is 0 Å². The molecule has 1 aromatic rings. The van der Waals surface area contributed by atoms with E-state index in [1.54, 1.807) is 11.1 Å². The molecule has 0 spiro atoms. The lowest BCUT2D eigenvalue weighted by atomic mass is 9.97. The Balaban J connectivity index is 2.29. The molecule has 62 valence electrons. The number of hydrogen-bond donors (Lipinski definition) is 0. The molecule has 0 N–H and O–H groups in total. The molecule has 0 bridgehead atoms. The van der Waals surface area contributed by atoms with E-state index in [1.807, 2.05) is 0 Å². The normalized spacial score (nSPS) is 19.0. The van der Waals surface area contributed by atoms with Crippen molar-refractivity contribution in [3.8, 4) is 0 Å². The summed E-state index contributed by atoms with van der Waals surface area (Å²) in [5, 5.41) is 0. The molecule has 0 nitrogen and oxygen atoms in total. The maximum absolute atomic E-state index is 2.30. The Hall–Kier alpha value is -1.04. The smallest absolute Gasteiger partial charge is 0.0241 e. The third-order valence-electron chi connectivity index (χ3n) is 2.45. The van der Waals surface area contributed by atoms with Gasteiger partial charge in [-0.25, -0.2) is 0 Å². The molecule has 1 aliphatic rings. The average Bonchev–Trinajstić information content (AvgIpc) is 2.06. The maximum Gasteiger partial charge on any atom is -0.0241 e. The van der Waals surface area contributed by atoms with Crippen LogP contribution in [0.5, 0.6) is 0 Å². The number of rotatable bonds is 0. The predicted octanol–water partition coefficient (Wildman–Crippen LogP) is 3.12. The summed E-state index contributed by atoms with van der Waals surface area (Å²) in [5.74, 6) is 0. The first-order valence-corrected chi connectivity index (χ1v) is 4.68. The molecule has 0 aromatic heterocycles. The Bertz CT molecular complexity index is 255. The van der Waals surface area contributed by atoms with E-state index in [-0.39, 0.29) is 0 Å². The minimum atomic E-state index is 1.21. The van der Waals surface area contributed by atoms with Crippen molar-refractivity contribution in [3.63, 3.8) is 0 Å². The van der Waals surface area contributed by atoms with E-state index in [4.69, 9.17) is 0 Å². The molecular formula is C12H14. The molecule has 1 aromatic carbocycles. The van der Waals surface area contributed by atoms with Crippen LogP contribution in [0.2, 0.25) is 0 Å². The molecule has 12 heavy (non-hydrogen) atoms. The Morgan fingerprint density at radius 1 is 0.750 bits per heavy atom. The van der Waals surface area contributed by atoms with Crippen LogP contribution in [-0.2, 0) is 12.8 Å².